The molecule has 0 radical (unpaired) electrons. The minimum absolute atomic E-state index is 0.311. The molecule has 1 atom stereocenters. The van der Waals surface area contributed by atoms with E-state index in [4.69, 9.17) is 9.47 Å². The Hall–Kier alpha value is -1.97. The van der Waals surface area contributed by atoms with Crippen molar-refractivity contribution in [2.45, 2.75) is 45.4 Å². The Morgan fingerprint density at radius 2 is 2.00 bits per heavy atom. The average molecular weight is 329 g/mol. The number of hydrogen-bond donors (Lipinski definition) is 0. The van der Waals surface area contributed by atoms with Crippen LogP contribution in [-0.4, -0.2) is 30.7 Å². The third kappa shape index (κ3) is 4.53. The van der Waals surface area contributed by atoms with Gasteiger partial charge in [-0.1, -0.05) is 25.1 Å². The second-order valence-corrected chi connectivity index (χ2v) is 6.84. The number of carbonyl (C=O) groups excluding carboxylic acids is 1. The minimum atomic E-state index is 0.311. The zero-order chi connectivity index (χ0) is 16.8. The first kappa shape index (κ1) is 16.9. The highest BCUT2D eigenvalue weighted by Gasteiger charge is 2.18. The molecule has 1 aromatic carbocycles. The lowest BCUT2D eigenvalue weighted by molar-refractivity contribution is -0.133. The molecule has 130 valence electrons. The van der Waals surface area contributed by atoms with Gasteiger partial charge in [-0.05, 0) is 55.7 Å². The number of likely N-dealkylation sites (tertiary alicyclic amines) is 1. The number of hydrogen-bond acceptors (Lipinski definition) is 3. The van der Waals surface area contributed by atoms with E-state index in [0.717, 1.165) is 43.0 Å². The zero-order valence-electron chi connectivity index (χ0n) is 14.5. The van der Waals surface area contributed by atoms with Crippen molar-refractivity contribution >= 4 is 12.0 Å². The second-order valence-electron chi connectivity index (χ2n) is 6.84. The van der Waals surface area contributed by atoms with Gasteiger partial charge in [0.25, 0.3) is 0 Å². The summed E-state index contributed by atoms with van der Waals surface area (Å²) < 4.78 is 10.7. The van der Waals surface area contributed by atoms with E-state index in [2.05, 4.69) is 19.1 Å². The topological polar surface area (TPSA) is 38.8 Å². The monoisotopic (exact) mass is 329 g/mol. The van der Waals surface area contributed by atoms with Crippen LogP contribution in [0.2, 0.25) is 0 Å². The number of allylic oxidation sites excluding steroid dienone is 1. The highest BCUT2D eigenvalue weighted by molar-refractivity contribution is 5.76. The van der Waals surface area contributed by atoms with Crippen molar-refractivity contribution < 1.29 is 14.3 Å². The Morgan fingerprint density at radius 3 is 2.83 bits per heavy atom. The molecule has 0 N–H and O–H groups in total. The number of carbonyl (C=O) groups is 1. The van der Waals surface area contributed by atoms with E-state index in [-0.39, 0.29) is 0 Å². The van der Waals surface area contributed by atoms with Gasteiger partial charge in [-0.15, -0.1) is 0 Å². The molecular weight excluding hydrogens is 302 g/mol. The number of rotatable bonds is 6. The summed E-state index contributed by atoms with van der Waals surface area (Å²) in [4.78, 5) is 14.3. The van der Waals surface area contributed by atoms with Crippen LogP contribution in [0.25, 0.3) is 6.08 Å². The number of benzene rings is 1. The van der Waals surface area contributed by atoms with Gasteiger partial charge < -0.3 is 14.4 Å². The molecule has 1 amide bonds. The van der Waals surface area contributed by atoms with Crippen molar-refractivity contribution in [2.24, 2.45) is 5.92 Å². The molecule has 0 saturated carbocycles. The quantitative estimate of drug-likeness (QED) is 0.783. The van der Waals surface area contributed by atoms with Gasteiger partial charge in [0.2, 0.25) is 12.7 Å². The second kappa shape index (κ2) is 8.22. The molecule has 0 spiro atoms. The standard InChI is InChI=1S/C20H27NO3/c1-16(13-20(22)21-11-5-2-6-12-21)7-3-4-8-17-9-10-18-19(14-17)24-15-23-18/h4,8-10,14,16H,2-3,5-7,11-13,15H2,1H3/b8-4+. The molecule has 4 nitrogen and oxygen atoms in total. The highest BCUT2D eigenvalue weighted by Crippen LogP contribution is 2.32. The van der Waals surface area contributed by atoms with Crippen LogP contribution in [0.3, 0.4) is 0 Å². The summed E-state index contributed by atoms with van der Waals surface area (Å²) in [5.74, 6) is 2.40. The number of amides is 1. The van der Waals surface area contributed by atoms with E-state index < -0.39 is 0 Å². The predicted molar refractivity (Wildman–Crippen MR) is 95.0 cm³/mol. The summed E-state index contributed by atoms with van der Waals surface area (Å²) in [6, 6.07) is 5.98. The molecule has 2 aliphatic heterocycles. The largest absolute Gasteiger partial charge is 0.454 e. The average Bonchev–Trinajstić information content (AvgIpc) is 3.07. The molecule has 1 fully saturated rings. The molecule has 0 aliphatic carbocycles. The van der Waals surface area contributed by atoms with Crippen LogP contribution in [0.1, 0.15) is 51.0 Å². The van der Waals surface area contributed by atoms with E-state index in [1.54, 1.807) is 0 Å². The van der Waals surface area contributed by atoms with Gasteiger partial charge in [0, 0.05) is 19.5 Å². The summed E-state index contributed by atoms with van der Waals surface area (Å²) in [6.45, 7) is 4.40. The maximum atomic E-state index is 12.3. The van der Waals surface area contributed by atoms with Crippen LogP contribution >= 0.6 is 0 Å². The third-order valence-electron chi connectivity index (χ3n) is 4.76. The fourth-order valence-corrected chi connectivity index (χ4v) is 3.29. The Balaban J connectivity index is 1.39. The van der Waals surface area contributed by atoms with Crippen molar-refractivity contribution in [3.63, 3.8) is 0 Å². The molecule has 4 heteroatoms. The van der Waals surface area contributed by atoms with Gasteiger partial charge in [0.1, 0.15) is 0 Å². The third-order valence-corrected chi connectivity index (χ3v) is 4.76. The fraction of sp³-hybridized carbons (Fsp3) is 0.550. The van der Waals surface area contributed by atoms with Gasteiger partial charge in [-0.2, -0.15) is 0 Å². The van der Waals surface area contributed by atoms with Crippen LogP contribution in [-0.2, 0) is 4.79 Å². The van der Waals surface area contributed by atoms with Crippen molar-refractivity contribution in [1.29, 1.82) is 0 Å². The van der Waals surface area contributed by atoms with Crippen molar-refractivity contribution in [1.82, 2.24) is 4.90 Å². The number of ether oxygens (including phenoxy) is 2. The fourth-order valence-electron chi connectivity index (χ4n) is 3.29. The predicted octanol–water partition coefficient (Wildman–Crippen LogP) is 4.25. The minimum Gasteiger partial charge on any atom is -0.454 e. The van der Waals surface area contributed by atoms with Gasteiger partial charge in [-0.25, -0.2) is 0 Å². The molecule has 3 rings (SSSR count). The molecule has 0 bridgehead atoms. The number of fused-ring (bicyclic) bond motifs is 1. The molecule has 2 heterocycles. The van der Waals surface area contributed by atoms with Crippen LogP contribution in [0.5, 0.6) is 11.5 Å². The van der Waals surface area contributed by atoms with Crippen LogP contribution < -0.4 is 9.47 Å². The molecule has 1 saturated heterocycles. The van der Waals surface area contributed by atoms with Gasteiger partial charge in [0.05, 0.1) is 0 Å². The number of nitrogens with zero attached hydrogens (tertiary/aromatic N) is 1. The summed E-state index contributed by atoms with van der Waals surface area (Å²) >= 11 is 0. The Kier molecular flexibility index (Phi) is 5.78. The van der Waals surface area contributed by atoms with E-state index in [0.29, 0.717) is 25.0 Å². The van der Waals surface area contributed by atoms with Gasteiger partial charge >= 0.3 is 0 Å². The van der Waals surface area contributed by atoms with Crippen molar-refractivity contribution in [3.8, 4) is 11.5 Å². The maximum absolute atomic E-state index is 12.3. The lowest BCUT2D eigenvalue weighted by atomic mass is 9.99. The van der Waals surface area contributed by atoms with E-state index in [9.17, 15) is 4.79 Å². The normalized spacial score (nSPS) is 18.1. The number of piperidine rings is 1. The summed E-state index contributed by atoms with van der Waals surface area (Å²) in [5.41, 5.74) is 1.12. The summed E-state index contributed by atoms with van der Waals surface area (Å²) in [5, 5.41) is 0. The van der Waals surface area contributed by atoms with Crippen LogP contribution in [0.15, 0.2) is 24.3 Å². The smallest absolute Gasteiger partial charge is 0.231 e. The molecule has 0 aromatic heterocycles. The maximum Gasteiger partial charge on any atom is 0.231 e. The lowest BCUT2D eigenvalue weighted by Gasteiger charge is -2.27. The Morgan fingerprint density at radius 1 is 1.21 bits per heavy atom. The molecule has 1 unspecified atom stereocenters. The van der Waals surface area contributed by atoms with Crippen molar-refractivity contribution in [2.75, 3.05) is 19.9 Å². The first-order valence-electron chi connectivity index (χ1n) is 9.06. The molecule has 2 aliphatic rings. The molecule has 24 heavy (non-hydrogen) atoms. The first-order valence-corrected chi connectivity index (χ1v) is 9.06. The van der Waals surface area contributed by atoms with Gasteiger partial charge in [-0.3, -0.25) is 4.79 Å². The summed E-state index contributed by atoms with van der Waals surface area (Å²) in [6.07, 6.45) is 10.6. The van der Waals surface area contributed by atoms with Crippen LogP contribution in [0, 0.1) is 5.92 Å². The lowest BCUT2D eigenvalue weighted by Crippen LogP contribution is -2.36. The molecule has 1 aromatic rings. The van der Waals surface area contributed by atoms with Crippen LogP contribution in [0.4, 0.5) is 0 Å². The zero-order valence-corrected chi connectivity index (χ0v) is 14.5. The Labute approximate surface area is 144 Å². The SMILES string of the molecule is CC(CC/C=C/c1ccc2c(c1)OCO2)CC(=O)N1CCCCC1. The molecular formula is C20H27NO3. The Bertz CT molecular complexity index is 591. The highest BCUT2D eigenvalue weighted by atomic mass is 16.7. The van der Waals surface area contributed by atoms with Gasteiger partial charge in [0.15, 0.2) is 11.5 Å². The van der Waals surface area contributed by atoms with E-state index in [1.807, 2.05) is 23.1 Å². The van der Waals surface area contributed by atoms with E-state index in [1.165, 1.54) is 19.3 Å². The summed E-state index contributed by atoms with van der Waals surface area (Å²) in [7, 11) is 0. The van der Waals surface area contributed by atoms with Crippen molar-refractivity contribution in [3.05, 3.63) is 29.8 Å². The van der Waals surface area contributed by atoms with E-state index >= 15 is 0 Å². The first-order chi connectivity index (χ1) is 11.7.